The van der Waals surface area contributed by atoms with Gasteiger partial charge in [0.1, 0.15) is 0 Å². The molecule has 0 saturated heterocycles. The van der Waals surface area contributed by atoms with Gasteiger partial charge in [0.05, 0.1) is 0 Å². The van der Waals surface area contributed by atoms with Crippen molar-refractivity contribution in [1.82, 2.24) is 0 Å². The van der Waals surface area contributed by atoms with Crippen molar-refractivity contribution < 1.29 is 13.4 Å². The third-order valence-corrected chi connectivity index (χ3v) is 4.89. The zero-order valence-corrected chi connectivity index (χ0v) is 10.1. The molecular weight excluding hydrogens is 259 g/mol. The Morgan fingerprint density at radius 1 is 1.11 bits per heavy atom. The molecule has 0 nitrogen and oxygen atoms in total. The maximum atomic E-state index is 5.69. The Morgan fingerprint density at radius 3 is 1.44 bits per heavy atom. The van der Waals surface area contributed by atoms with Gasteiger partial charge in [-0.2, -0.15) is 0 Å². The van der Waals surface area contributed by atoms with Gasteiger partial charge in [-0.25, -0.2) is 0 Å². The van der Waals surface area contributed by atoms with E-state index in [1.165, 1.54) is 0 Å². The van der Waals surface area contributed by atoms with E-state index in [9.17, 15) is 0 Å². The van der Waals surface area contributed by atoms with E-state index in [0.29, 0.717) is 0 Å². The fraction of sp³-hybridized carbons (Fsp3) is 0.800. The minimum absolute atomic E-state index is 0.0524. The molecule has 0 fully saturated rings. The number of hydrogen-bond donors (Lipinski definition) is 0. The average Bonchev–Trinajstić information content (AvgIpc) is 1.14. The summed E-state index contributed by atoms with van der Waals surface area (Å²) in [5.74, 6) is 0. The first-order valence-corrected chi connectivity index (χ1v) is 12.3. The fourth-order valence-electron chi connectivity index (χ4n) is 0.439. The van der Waals surface area contributed by atoms with E-state index >= 15 is 0 Å². The summed E-state index contributed by atoms with van der Waals surface area (Å²) < 4.78 is 1.87. The third kappa shape index (κ3) is 9.48. The number of hydrogen-bond acceptors (Lipinski definition) is 0. The van der Waals surface area contributed by atoms with Crippen LogP contribution in [0.3, 0.4) is 0 Å². The van der Waals surface area contributed by atoms with E-state index in [-0.39, 0.29) is 5.41 Å². The summed E-state index contributed by atoms with van der Waals surface area (Å²) in [6.45, 7) is 6.09. The van der Waals surface area contributed by atoms with Crippen molar-refractivity contribution in [2.24, 2.45) is 5.41 Å². The van der Waals surface area contributed by atoms with Crippen LogP contribution in [-0.4, -0.2) is 4.23 Å². The van der Waals surface area contributed by atoms with Crippen molar-refractivity contribution in [2.75, 3.05) is 0 Å². The quantitative estimate of drug-likeness (QED) is 0.591. The number of halogens is 3. The SMILES string of the molecule is CC(C)(C)[CH]=[Nb]([Cl])([Cl])[Cl]. The molecule has 0 aromatic rings. The summed E-state index contributed by atoms with van der Waals surface area (Å²) in [7, 11) is 17.1. The molecule has 4 heteroatoms. The first kappa shape index (κ1) is 10.5. The van der Waals surface area contributed by atoms with Gasteiger partial charge < -0.3 is 0 Å². The molecule has 0 spiro atoms. The van der Waals surface area contributed by atoms with Crippen LogP contribution < -0.4 is 0 Å². The summed E-state index contributed by atoms with van der Waals surface area (Å²) in [5.41, 5.74) is 0.0524. The van der Waals surface area contributed by atoms with Crippen molar-refractivity contribution in [3.8, 4) is 0 Å². The fourth-order valence-corrected chi connectivity index (χ4v) is 7.79. The standard InChI is InChI=1S/C5H10.3ClH.Nb/c1-5(2,3)4;;;;/h1H,2-4H3;3*1H;/q;;;;+3/p-3. The van der Waals surface area contributed by atoms with E-state index in [0.717, 1.165) is 0 Å². The molecule has 56 valence electrons. The summed E-state index contributed by atoms with van der Waals surface area (Å²) in [4.78, 5) is 0. The van der Waals surface area contributed by atoms with Gasteiger partial charge in [-0.3, -0.25) is 0 Å². The molecule has 9 heavy (non-hydrogen) atoms. The average molecular weight is 269 g/mol. The Kier molecular flexibility index (Phi) is 3.79. The monoisotopic (exact) mass is 268 g/mol. The van der Waals surface area contributed by atoms with Gasteiger partial charge >= 0.3 is 71.4 Å². The normalized spacial score (nSPS) is 13.6. The molecule has 0 rings (SSSR count). The van der Waals surface area contributed by atoms with Gasteiger partial charge in [-0.05, 0) is 0 Å². The van der Waals surface area contributed by atoms with Crippen molar-refractivity contribution in [3.63, 3.8) is 0 Å². The van der Waals surface area contributed by atoms with Crippen molar-refractivity contribution in [3.05, 3.63) is 0 Å². The van der Waals surface area contributed by atoms with Crippen LogP contribution in [0.5, 0.6) is 0 Å². The molecule has 0 aliphatic carbocycles. The Morgan fingerprint density at radius 2 is 1.44 bits per heavy atom. The summed E-state index contributed by atoms with van der Waals surface area (Å²) in [6, 6.07) is 0. The molecule has 0 aromatic carbocycles. The van der Waals surface area contributed by atoms with Crippen molar-refractivity contribution in [2.45, 2.75) is 20.8 Å². The van der Waals surface area contributed by atoms with Crippen molar-refractivity contribution >= 4 is 31.8 Å². The first-order chi connectivity index (χ1) is 3.71. The Bertz CT molecular complexity index is 131. The van der Waals surface area contributed by atoms with Crippen LogP contribution in [0.4, 0.5) is 0 Å². The summed E-state index contributed by atoms with van der Waals surface area (Å²) in [5, 5.41) is 0. The summed E-state index contributed by atoms with van der Waals surface area (Å²) >= 11 is -3.06. The molecule has 0 unspecified atom stereocenters. The molecule has 0 atom stereocenters. The molecule has 0 amide bonds. The van der Waals surface area contributed by atoms with Gasteiger partial charge in [0.2, 0.25) is 0 Å². The van der Waals surface area contributed by atoms with Crippen LogP contribution in [0.25, 0.3) is 0 Å². The van der Waals surface area contributed by atoms with Crippen LogP contribution in [0.1, 0.15) is 20.8 Å². The second kappa shape index (κ2) is 3.25. The van der Waals surface area contributed by atoms with E-state index in [2.05, 4.69) is 0 Å². The molecule has 0 saturated carbocycles. The molecule has 0 radical (unpaired) electrons. The Labute approximate surface area is 71.0 Å². The molecular formula is C5H10Cl3Nb. The van der Waals surface area contributed by atoms with Gasteiger partial charge in [0.25, 0.3) is 0 Å². The second-order valence-electron chi connectivity index (χ2n) is 2.98. The molecule has 0 aromatic heterocycles. The van der Waals surface area contributed by atoms with Crippen LogP contribution in [-0.2, 0) is 13.4 Å². The van der Waals surface area contributed by atoms with Crippen LogP contribution in [0.2, 0.25) is 0 Å². The second-order valence-corrected chi connectivity index (χ2v) is 18.5. The number of rotatable bonds is 0. The van der Waals surface area contributed by atoms with E-state index in [4.69, 9.17) is 27.6 Å². The van der Waals surface area contributed by atoms with Gasteiger partial charge in [0.15, 0.2) is 0 Å². The van der Waals surface area contributed by atoms with Gasteiger partial charge in [-0.15, -0.1) is 0 Å². The molecule has 0 heterocycles. The van der Waals surface area contributed by atoms with Gasteiger partial charge in [-0.1, -0.05) is 0 Å². The Balaban J connectivity index is 4.32. The molecule has 0 bridgehead atoms. The predicted molar refractivity (Wildman–Crippen MR) is 43.1 cm³/mol. The van der Waals surface area contributed by atoms with Crippen LogP contribution >= 0.6 is 27.6 Å². The predicted octanol–water partition coefficient (Wildman–Crippen LogP) is 3.45. The summed E-state index contributed by atoms with van der Waals surface area (Å²) in [6.07, 6.45) is 0. The molecule has 0 aliphatic rings. The van der Waals surface area contributed by atoms with Gasteiger partial charge in [0, 0.05) is 0 Å². The zero-order chi connectivity index (χ0) is 7.71. The minimum atomic E-state index is -3.06. The van der Waals surface area contributed by atoms with E-state index in [1.807, 2.05) is 25.0 Å². The van der Waals surface area contributed by atoms with Crippen molar-refractivity contribution in [1.29, 1.82) is 0 Å². The van der Waals surface area contributed by atoms with E-state index < -0.39 is 13.4 Å². The Hall–Kier alpha value is 1.48. The zero-order valence-electron chi connectivity index (χ0n) is 5.66. The van der Waals surface area contributed by atoms with Crippen LogP contribution in [0, 0.1) is 5.41 Å². The molecule has 0 N–H and O–H groups in total. The van der Waals surface area contributed by atoms with E-state index in [1.54, 1.807) is 0 Å². The topological polar surface area (TPSA) is 0 Å². The third-order valence-electron chi connectivity index (χ3n) is 0.534. The first-order valence-electron chi connectivity index (χ1n) is 2.55. The van der Waals surface area contributed by atoms with Crippen LogP contribution in [0.15, 0.2) is 0 Å². The molecule has 0 aliphatic heterocycles. The maximum absolute atomic E-state index is 5.69.